The van der Waals surface area contributed by atoms with Crippen LogP contribution in [0.1, 0.15) is 10.5 Å². The second-order valence-corrected chi connectivity index (χ2v) is 4.90. The number of amides is 1. The number of carbonyl (C=O) groups is 1. The van der Waals surface area contributed by atoms with Crippen molar-refractivity contribution in [2.45, 2.75) is 0 Å². The Morgan fingerprint density at radius 3 is 2.74 bits per heavy atom. The lowest BCUT2D eigenvalue weighted by molar-refractivity contribution is -0.384. The van der Waals surface area contributed by atoms with Crippen LogP contribution >= 0.6 is 27.5 Å². The predicted molar refractivity (Wildman–Crippen MR) is 74.6 cm³/mol. The minimum atomic E-state index is -0.578. The van der Waals surface area contributed by atoms with Gasteiger partial charge in [0.1, 0.15) is 5.69 Å². The quantitative estimate of drug-likeness (QED) is 0.659. The van der Waals surface area contributed by atoms with Gasteiger partial charge in [-0.05, 0) is 34.1 Å². The largest absolute Gasteiger partial charge is 0.351 e. The zero-order valence-corrected chi connectivity index (χ0v) is 11.7. The first-order chi connectivity index (χ1) is 8.97. The number of nitrogens with zero attached hydrogens (tertiary/aromatic N) is 1. The molecular formula is C11H7BrClN3O3. The number of nitrogens with one attached hydrogen (secondary N) is 2. The molecule has 0 radical (unpaired) electrons. The zero-order chi connectivity index (χ0) is 14.0. The van der Waals surface area contributed by atoms with Gasteiger partial charge in [-0.1, -0.05) is 11.6 Å². The Morgan fingerprint density at radius 2 is 2.16 bits per heavy atom. The second kappa shape index (κ2) is 5.41. The van der Waals surface area contributed by atoms with E-state index in [2.05, 4.69) is 26.2 Å². The molecule has 0 aliphatic carbocycles. The lowest BCUT2D eigenvalue weighted by Gasteiger charge is -2.06. The standard InChI is InChI=1S/C11H7BrClN3O3/c12-8-3-6(13)1-2-9(8)15-11(17)10-4-7(5-14-10)16(18)19/h1-5,14H,(H,15,17). The highest BCUT2D eigenvalue weighted by atomic mass is 79.9. The van der Waals surface area contributed by atoms with Crippen LogP contribution in [0.5, 0.6) is 0 Å². The van der Waals surface area contributed by atoms with Gasteiger partial charge in [-0.3, -0.25) is 14.9 Å². The molecule has 2 aromatic rings. The Hall–Kier alpha value is -1.86. The van der Waals surface area contributed by atoms with Crippen molar-refractivity contribution >= 4 is 44.8 Å². The topological polar surface area (TPSA) is 88.0 Å². The van der Waals surface area contributed by atoms with E-state index in [1.165, 1.54) is 6.07 Å². The summed E-state index contributed by atoms with van der Waals surface area (Å²) in [7, 11) is 0. The van der Waals surface area contributed by atoms with E-state index in [-0.39, 0.29) is 11.4 Å². The molecule has 8 heteroatoms. The first kappa shape index (κ1) is 13.6. The van der Waals surface area contributed by atoms with Gasteiger partial charge in [0, 0.05) is 15.6 Å². The first-order valence-corrected chi connectivity index (χ1v) is 6.23. The maximum atomic E-state index is 11.9. The van der Waals surface area contributed by atoms with Gasteiger partial charge < -0.3 is 10.3 Å². The van der Waals surface area contributed by atoms with Crippen molar-refractivity contribution < 1.29 is 9.72 Å². The number of aromatic nitrogens is 1. The highest BCUT2D eigenvalue weighted by Crippen LogP contribution is 2.26. The van der Waals surface area contributed by atoms with E-state index >= 15 is 0 Å². The number of H-pyrrole nitrogens is 1. The molecule has 1 amide bonds. The average molecular weight is 345 g/mol. The molecule has 0 bridgehead atoms. The van der Waals surface area contributed by atoms with Crippen molar-refractivity contribution in [3.05, 3.63) is 55.8 Å². The molecule has 1 aromatic carbocycles. The predicted octanol–water partition coefficient (Wildman–Crippen LogP) is 3.59. The van der Waals surface area contributed by atoms with Crippen LogP contribution in [0.3, 0.4) is 0 Å². The molecule has 2 rings (SSSR count). The molecule has 2 N–H and O–H groups in total. The van der Waals surface area contributed by atoms with Crippen molar-refractivity contribution in [2.24, 2.45) is 0 Å². The fourth-order valence-corrected chi connectivity index (χ4v) is 2.18. The SMILES string of the molecule is O=C(Nc1ccc(Cl)cc1Br)c1cc([N+](=O)[O-])c[nH]1. The van der Waals surface area contributed by atoms with E-state index in [4.69, 9.17) is 11.6 Å². The Labute approximate surface area is 121 Å². The third-order valence-corrected chi connectivity index (χ3v) is 3.19. The fraction of sp³-hybridized carbons (Fsp3) is 0. The Kier molecular flexibility index (Phi) is 3.87. The normalized spacial score (nSPS) is 10.2. The van der Waals surface area contributed by atoms with E-state index in [0.717, 1.165) is 6.20 Å². The van der Waals surface area contributed by atoms with Crippen LogP contribution in [0.15, 0.2) is 34.9 Å². The average Bonchev–Trinajstić information content (AvgIpc) is 2.82. The van der Waals surface area contributed by atoms with Crippen LogP contribution in [0.4, 0.5) is 11.4 Å². The number of anilines is 1. The molecule has 1 aromatic heterocycles. The van der Waals surface area contributed by atoms with Crippen molar-refractivity contribution in [1.29, 1.82) is 0 Å². The zero-order valence-electron chi connectivity index (χ0n) is 9.31. The van der Waals surface area contributed by atoms with Gasteiger partial charge in [0.2, 0.25) is 0 Å². The summed E-state index contributed by atoms with van der Waals surface area (Å²) in [6.07, 6.45) is 1.16. The Balaban J connectivity index is 2.18. The van der Waals surface area contributed by atoms with Gasteiger partial charge in [-0.2, -0.15) is 0 Å². The van der Waals surface area contributed by atoms with Crippen molar-refractivity contribution in [3.8, 4) is 0 Å². The molecule has 0 saturated heterocycles. The lowest BCUT2D eigenvalue weighted by Crippen LogP contribution is -2.12. The summed E-state index contributed by atoms with van der Waals surface area (Å²) in [6, 6.07) is 6.05. The van der Waals surface area contributed by atoms with Crippen LogP contribution in [0.2, 0.25) is 5.02 Å². The minimum Gasteiger partial charge on any atom is -0.351 e. The maximum absolute atomic E-state index is 11.9. The third kappa shape index (κ3) is 3.12. The Bertz CT molecular complexity index is 656. The van der Waals surface area contributed by atoms with Crippen molar-refractivity contribution in [3.63, 3.8) is 0 Å². The smallest absolute Gasteiger partial charge is 0.287 e. The molecule has 0 unspecified atom stereocenters. The molecule has 0 aliphatic heterocycles. The highest BCUT2D eigenvalue weighted by molar-refractivity contribution is 9.10. The Morgan fingerprint density at radius 1 is 1.42 bits per heavy atom. The first-order valence-electron chi connectivity index (χ1n) is 5.06. The molecule has 6 nitrogen and oxygen atoms in total. The van der Waals surface area contributed by atoms with Crippen LogP contribution in [-0.4, -0.2) is 15.8 Å². The number of aromatic amines is 1. The van der Waals surface area contributed by atoms with Crippen molar-refractivity contribution in [2.75, 3.05) is 5.32 Å². The number of halogens is 2. The molecular weight excluding hydrogens is 337 g/mol. The number of rotatable bonds is 3. The van der Waals surface area contributed by atoms with E-state index in [0.29, 0.717) is 15.2 Å². The van der Waals surface area contributed by atoms with Gasteiger partial charge in [0.25, 0.3) is 11.6 Å². The van der Waals surface area contributed by atoms with Gasteiger partial charge in [-0.25, -0.2) is 0 Å². The molecule has 0 atom stereocenters. The van der Waals surface area contributed by atoms with E-state index < -0.39 is 10.8 Å². The molecule has 19 heavy (non-hydrogen) atoms. The molecule has 1 heterocycles. The summed E-state index contributed by atoms with van der Waals surface area (Å²) in [5.41, 5.74) is 0.459. The summed E-state index contributed by atoms with van der Waals surface area (Å²) in [5, 5.41) is 13.7. The van der Waals surface area contributed by atoms with Crippen LogP contribution in [0.25, 0.3) is 0 Å². The van der Waals surface area contributed by atoms with Crippen LogP contribution in [-0.2, 0) is 0 Å². The summed E-state index contributed by atoms with van der Waals surface area (Å²) in [4.78, 5) is 24.4. The summed E-state index contributed by atoms with van der Waals surface area (Å²) < 4.78 is 0.620. The molecule has 0 fully saturated rings. The summed E-state index contributed by atoms with van der Waals surface area (Å²) in [6.45, 7) is 0. The lowest BCUT2D eigenvalue weighted by atomic mass is 10.3. The molecule has 98 valence electrons. The third-order valence-electron chi connectivity index (χ3n) is 2.30. The number of nitro groups is 1. The highest BCUT2D eigenvalue weighted by Gasteiger charge is 2.15. The molecule has 0 aliphatic rings. The molecule has 0 spiro atoms. The van der Waals surface area contributed by atoms with Gasteiger partial charge in [0.05, 0.1) is 16.8 Å². The van der Waals surface area contributed by atoms with E-state index in [9.17, 15) is 14.9 Å². The van der Waals surface area contributed by atoms with Gasteiger partial charge in [0.15, 0.2) is 0 Å². The number of carbonyl (C=O) groups excluding carboxylic acids is 1. The minimum absolute atomic E-state index is 0.105. The number of hydrogen-bond acceptors (Lipinski definition) is 3. The van der Waals surface area contributed by atoms with E-state index in [1.807, 2.05) is 0 Å². The van der Waals surface area contributed by atoms with Gasteiger partial charge in [-0.15, -0.1) is 0 Å². The van der Waals surface area contributed by atoms with Crippen molar-refractivity contribution in [1.82, 2.24) is 4.98 Å². The monoisotopic (exact) mass is 343 g/mol. The fourth-order valence-electron chi connectivity index (χ4n) is 1.40. The van der Waals surface area contributed by atoms with E-state index in [1.54, 1.807) is 18.2 Å². The number of hydrogen-bond donors (Lipinski definition) is 2. The maximum Gasteiger partial charge on any atom is 0.287 e. The van der Waals surface area contributed by atoms with Crippen LogP contribution < -0.4 is 5.32 Å². The second-order valence-electron chi connectivity index (χ2n) is 3.61. The summed E-state index contributed by atoms with van der Waals surface area (Å²) in [5.74, 6) is -0.476. The number of benzene rings is 1. The summed E-state index contributed by atoms with van der Waals surface area (Å²) >= 11 is 9.04. The molecule has 0 saturated carbocycles. The van der Waals surface area contributed by atoms with Gasteiger partial charge >= 0.3 is 0 Å². The van der Waals surface area contributed by atoms with Crippen LogP contribution in [0, 0.1) is 10.1 Å².